The number of carbonyl (C=O) groups is 1. The minimum absolute atomic E-state index is 0.210. The third kappa shape index (κ3) is 2.75. The lowest BCUT2D eigenvalue weighted by Crippen LogP contribution is -2.54. The average molecular weight is 436 g/mol. The Morgan fingerprint density at radius 1 is 1.30 bits per heavy atom. The van der Waals surface area contributed by atoms with Crippen LogP contribution in [-0.4, -0.2) is 44.5 Å². The van der Waals surface area contributed by atoms with Gasteiger partial charge in [-0.1, -0.05) is 35.8 Å². The first-order valence-electron chi connectivity index (χ1n) is 9.47. The van der Waals surface area contributed by atoms with E-state index in [1.807, 2.05) is 14.1 Å². The number of nitrogens with zero attached hydrogens (tertiary/aromatic N) is 2. The van der Waals surface area contributed by atoms with Crippen molar-refractivity contribution in [3.8, 4) is 0 Å². The maximum atomic E-state index is 12.8. The van der Waals surface area contributed by atoms with Gasteiger partial charge >= 0.3 is 0 Å². The Morgan fingerprint density at radius 3 is 2.44 bits per heavy atom. The number of aliphatic imine (C=N–C) groups is 1. The SMILES string of the molecule is COC1CCC2(CC1)C(C)(C)c1ccc(Br)cc1C2(C=O)N=C(N)N(C)C. The summed E-state index contributed by atoms with van der Waals surface area (Å²) in [7, 11) is 5.48. The maximum absolute atomic E-state index is 12.8. The highest BCUT2D eigenvalue weighted by molar-refractivity contribution is 9.10. The summed E-state index contributed by atoms with van der Waals surface area (Å²) in [6.07, 6.45) is 4.85. The number of nitrogens with two attached hydrogens (primary N) is 1. The largest absolute Gasteiger partial charge is 0.381 e. The molecule has 0 aromatic heterocycles. The molecule has 2 N–H and O–H groups in total. The van der Waals surface area contributed by atoms with E-state index in [-0.39, 0.29) is 16.9 Å². The lowest BCUT2D eigenvalue weighted by Gasteiger charge is -2.52. The Hall–Kier alpha value is -1.40. The molecular weight excluding hydrogens is 406 g/mol. The molecule has 148 valence electrons. The summed E-state index contributed by atoms with van der Waals surface area (Å²) in [5.41, 5.74) is 6.88. The van der Waals surface area contributed by atoms with Gasteiger partial charge in [0.05, 0.1) is 6.10 Å². The number of carbonyl (C=O) groups excluding carboxylic acids is 1. The number of rotatable bonds is 3. The van der Waals surface area contributed by atoms with Crippen LogP contribution in [-0.2, 0) is 20.5 Å². The van der Waals surface area contributed by atoms with Gasteiger partial charge in [-0.05, 0) is 54.4 Å². The number of hydrogen-bond donors (Lipinski definition) is 1. The number of guanidine groups is 1. The normalized spacial score (nSPS) is 32.4. The van der Waals surface area contributed by atoms with Gasteiger partial charge in [0.1, 0.15) is 0 Å². The number of ether oxygens (including phenoxy) is 1. The van der Waals surface area contributed by atoms with Crippen LogP contribution in [0, 0.1) is 5.41 Å². The van der Waals surface area contributed by atoms with Crippen molar-refractivity contribution < 1.29 is 9.53 Å². The van der Waals surface area contributed by atoms with E-state index in [4.69, 9.17) is 15.5 Å². The van der Waals surface area contributed by atoms with Gasteiger partial charge in [0.2, 0.25) is 0 Å². The van der Waals surface area contributed by atoms with Crippen LogP contribution >= 0.6 is 15.9 Å². The molecule has 5 nitrogen and oxygen atoms in total. The fourth-order valence-corrected chi connectivity index (χ4v) is 5.71. The molecule has 1 aromatic carbocycles. The molecule has 1 spiro atoms. The van der Waals surface area contributed by atoms with Gasteiger partial charge in [-0.2, -0.15) is 0 Å². The highest BCUT2D eigenvalue weighted by Gasteiger charge is 2.67. The lowest BCUT2D eigenvalue weighted by atomic mass is 9.53. The van der Waals surface area contributed by atoms with Gasteiger partial charge in [0.25, 0.3) is 0 Å². The molecule has 0 heterocycles. The maximum Gasteiger partial charge on any atom is 0.192 e. The van der Waals surface area contributed by atoms with Crippen LogP contribution in [0.2, 0.25) is 0 Å². The van der Waals surface area contributed by atoms with Gasteiger partial charge in [0, 0.05) is 31.1 Å². The van der Waals surface area contributed by atoms with Gasteiger partial charge in [0.15, 0.2) is 17.8 Å². The highest BCUT2D eigenvalue weighted by Crippen LogP contribution is 2.67. The van der Waals surface area contributed by atoms with Gasteiger partial charge in [-0.3, -0.25) is 0 Å². The summed E-state index contributed by atoms with van der Waals surface area (Å²) in [4.78, 5) is 19.5. The van der Waals surface area contributed by atoms with E-state index < -0.39 is 5.54 Å². The molecule has 0 saturated heterocycles. The number of benzene rings is 1. The first kappa shape index (κ1) is 20.3. The van der Waals surface area contributed by atoms with E-state index in [2.05, 4.69) is 48.0 Å². The Kier molecular flexibility index (Phi) is 5.19. The standard InChI is InChI=1S/C21H30BrN3O2/c1-19(2)16-7-6-14(22)12-17(16)21(13-26,24-18(23)25(3)4)20(19)10-8-15(27-5)9-11-20/h6-7,12-13,15H,8-11H2,1-5H3,(H2,23,24). The van der Waals surface area contributed by atoms with E-state index in [1.54, 1.807) is 12.0 Å². The second kappa shape index (κ2) is 6.89. The summed E-state index contributed by atoms with van der Waals surface area (Å²) >= 11 is 3.59. The minimum Gasteiger partial charge on any atom is -0.381 e. The van der Waals surface area contributed by atoms with Crippen LogP contribution in [0.3, 0.4) is 0 Å². The molecule has 2 aliphatic rings. The Labute approximate surface area is 170 Å². The van der Waals surface area contributed by atoms with E-state index in [9.17, 15) is 4.79 Å². The van der Waals surface area contributed by atoms with Crippen molar-refractivity contribution in [1.82, 2.24) is 4.90 Å². The smallest absolute Gasteiger partial charge is 0.192 e. The zero-order valence-corrected chi connectivity index (χ0v) is 18.5. The zero-order valence-electron chi connectivity index (χ0n) is 16.9. The summed E-state index contributed by atoms with van der Waals surface area (Å²) < 4.78 is 6.56. The minimum atomic E-state index is -0.997. The molecule has 27 heavy (non-hydrogen) atoms. The number of aldehydes is 1. The van der Waals surface area contributed by atoms with Crippen LogP contribution in [0.5, 0.6) is 0 Å². The summed E-state index contributed by atoms with van der Waals surface area (Å²) in [5.74, 6) is 0.374. The average Bonchev–Trinajstić information content (AvgIpc) is 2.78. The van der Waals surface area contributed by atoms with Gasteiger partial charge in [-0.15, -0.1) is 0 Å². The fraction of sp³-hybridized carbons (Fsp3) is 0.619. The number of fused-ring (bicyclic) bond motifs is 1. The fourth-order valence-electron chi connectivity index (χ4n) is 5.35. The molecule has 3 rings (SSSR count). The predicted octanol–water partition coefficient (Wildman–Crippen LogP) is 3.59. The van der Waals surface area contributed by atoms with E-state index in [0.29, 0.717) is 5.96 Å². The third-order valence-electron chi connectivity index (χ3n) is 7.03. The number of hydrogen-bond acceptors (Lipinski definition) is 3. The molecule has 1 unspecified atom stereocenters. The molecule has 1 aromatic rings. The second-order valence-corrected chi connectivity index (χ2v) is 9.50. The van der Waals surface area contributed by atoms with E-state index >= 15 is 0 Å². The molecule has 0 radical (unpaired) electrons. The van der Waals surface area contributed by atoms with Crippen molar-refractivity contribution in [2.24, 2.45) is 16.1 Å². The van der Waals surface area contributed by atoms with Crippen molar-refractivity contribution in [1.29, 1.82) is 0 Å². The Morgan fingerprint density at radius 2 is 1.93 bits per heavy atom. The zero-order chi connectivity index (χ0) is 20.0. The summed E-state index contributed by atoms with van der Waals surface area (Å²) in [5, 5.41) is 0. The van der Waals surface area contributed by atoms with Crippen molar-refractivity contribution in [3.05, 3.63) is 33.8 Å². The van der Waals surface area contributed by atoms with Crippen LogP contribution in [0.15, 0.2) is 27.7 Å². The third-order valence-corrected chi connectivity index (χ3v) is 7.52. The lowest BCUT2D eigenvalue weighted by molar-refractivity contribution is -0.122. The molecule has 1 atom stereocenters. The van der Waals surface area contributed by atoms with Crippen molar-refractivity contribution in [2.75, 3.05) is 21.2 Å². The van der Waals surface area contributed by atoms with Crippen molar-refractivity contribution in [3.63, 3.8) is 0 Å². The van der Waals surface area contributed by atoms with Crippen LogP contribution in [0.4, 0.5) is 0 Å². The molecule has 0 aliphatic heterocycles. The Balaban J connectivity index is 2.30. The number of halogens is 1. The molecule has 0 bridgehead atoms. The quantitative estimate of drug-likeness (QED) is 0.447. The number of methoxy groups -OCH3 is 1. The van der Waals surface area contributed by atoms with Crippen LogP contribution < -0.4 is 5.73 Å². The molecule has 6 heteroatoms. The van der Waals surface area contributed by atoms with Crippen LogP contribution in [0.25, 0.3) is 0 Å². The highest BCUT2D eigenvalue weighted by atomic mass is 79.9. The van der Waals surface area contributed by atoms with Crippen molar-refractivity contribution in [2.45, 2.75) is 56.6 Å². The first-order valence-corrected chi connectivity index (χ1v) is 10.3. The second-order valence-electron chi connectivity index (χ2n) is 8.58. The summed E-state index contributed by atoms with van der Waals surface area (Å²) in [6, 6.07) is 6.24. The van der Waals surface area contributed by atoms with Crippen LogP contribution in [0.1, 0.15) is 50.7 Å². The molecule has 2 aliphatic carbocycles. The van der Waals surface area contributed by atoms with Gasteiger partial charge in [-0.25, -0.2) is 4.99 Å². The Bertz CT molecular complexity index is 767. The van der Waals surface area contributed by atoms with Crippen molar-refractivity contribution >= 4 is 28.2 Å². The summed E-state index contributed by atoms with van der Waals surface area (Å²) in [6.45, 7) is 4.50. The predicted molar refractivity (Wildman–Crippen MR) is 112 cm³/mol. The molecule has 1 saturated carbocycles. The van der Waals surface area contributed by atoms with E-state index in [1.165, 1.54) is 5.56 Å². The first-order chi connectivity index (χ1) is 12.6. The molecular formula is C21H30BrN3O2. The monoisotopic (exact) mass is 435 g/mol. The topological polar surface area (TPSA) is 67.9 Å². The van der Waals surface area contributed by atoms with E-state index in [0.717, 1.165) is 42.0 Å². The molecule has 1 fully saturated rings. The van der Waals surface area contributed by atoms with Gasteiger partial charge < -0.3 is 20.2 Å². The molecule has 0 amide bonds.